The summed E-state index contributed by atoms with van der Waals surface area (Å²) >= 11 is 0. The van der Waals surface area contributed by atoms with Gasteiger partial charge in [0.15, 0.2) is 0 Å². The Morgan fingerprint density at radius 2 is 2.00 bits per heavy atom. The third-order valence-electron chi connectivity index (χ3n) is 3.90. The fraction of sp³-hybridized carbons (Fsp3) is 0.389. The van der Waals surface area contributed by atoms with Crippen LogP contribution in [0.3, 0.4) is 0 Å². The number of aliphatic carboxylic acids is 1. The van der Waals surface area contributed by atoms with Crippen LogP contribution < -0.4 is 4.74 Å². The van der Waals surface area contributed by atoms with Gasteiger partial charge in [-0.25, -0.2) is 0 Å². The number of rotatable bonds is 6. The third-order valence-corrected chi connectivity index (χ3v) is 3.90. The number of ether oxygens (including phenoxy) is 1. The number of hydrogen-bond acceptors (Lipinski definition) is 4. The predicted molar refractivity (Wildman–Crippen MR) is 91.5 cm³/mol. The molecule has 6 heteroatoms. The summed E-state index contributed by atoms with van der Waals surface area (Å²) in [7, 11) is 1.59. The van der Waals surface area contributed by atoms with E-state index >= 15 is 0 Å². The van der Waals surface area contributed by atoms with E-state index in [0.29, 0.717) is 17.0 Å². The molecule has 0 bridgehead atoms. The molecule has 6 nitrogen and oxygen atoms in total. The molecule has 128 valence electrons. The molecule has 0 atom stereocenters. The van der Waals surface area contributed by atoms with Gasteiger partial charge in [-0.05, 0) is 39.0 Å². The van der Waals surface area contributed by atoms with Gasteiger partial charge in [-0.2, -0.15) is 0 Å². The van der Waals surface area contributed by atoms with Gasteiger partial charge in [-0.15, -0.1) is 0 Å². The minimum Gasteiger partial charge on any atom is -0.497 e. The number of carboxylic acids is 1. The second-order valence-corrected chi connectivity index (χ2v) is 5.92. The molecule has 1 amide bonds. The molecule has 0 aliphatic rings. The highest BCUT2D eigenvalue weighted by Gasteiger charge is 2.22. The topological polar surface area (TPSA) is 79.7 Å². The molecular formula is C18H22N2O4. The van der Waals surface area contributed by atoms with Crippen LogP contribution in [0.1, 0.15) is 36.3 Å². The molecule has 0 aliphatic carbocycles. The van der Waals surface area contributed by atoms with Gasteiger partial charge in [0.2, 0.25) is 0 Å². The quantitative estimate of drug-likeness (QED) is 0.881. The summed E-state index contributed by atoms with van der Waals surface area (Å²) in [5.41, 5.74) is 1.86. The Bertz CT molecular complexity index is 771. The molecule has 0 radical (unpaired) electrons. The number of carbonyl (C=O) groups excluding carboxylic acids is 1. The maximum atomic E-state index is 12.9. The number of carbonyl (C=O) groups is 2. The van der Waals surface area contributed by atoms with E-state index in [9.17, 15) is 9.59 Å². The molecule has 1 aromatic heterocycles. The van der Waals surface area contributed by atoms with Gasteiger partial charge in [0, 0.05) is 24.0 Å². The number of carboxylic acid groups (broad SMARTS) is 1. The molecule has 2 aromatic rings. The first-order valence-electron chi connectivity index (χ1n) is 7.81. The van der Waals surface area contributed by atoms with Crippen molar-refractivity contribution in [2.75, 3.05) is 13.7 Å². The number of hydrogen-bond donors (Lipinski definition) is 1. The smallest absolute Gasteiger partial charge is 0.305 e. The van der Waals surface area contributed by atoms with Crippen LogP contribution in [0.25, 0.3) is 10.9 Å². The number of nitrogens with zero attached hydrogens (tertiary/aromatic N) is 2. The van der Waals surface area contributed by atoms with E-state index in [-0.39, 0.29) is 24.9 Å². The third kappa shape index (κ3) is 3.82. The number of pyridine rings is 1. The Kier molecular flexibility index (Phi) is 5.39. The van der Waals surface area contributed by atoms with Gasteiger partial charge >= 0.3 is 5.97 Å². The Labute approximate surface area is 141 Å². The zero-order valence-corrected chi connectivity index (χ0v) is 14.4. The minimum absolute atomic E-state index is 0.0822. The first-order valence-corrected chi connectivity index (χ1v) is 7.81. The van der Waals surface area contributed by atoms with Crippen molar-refractivity contribution in [3.05, 3.63) is 35.5 Å². The largest absolute Gasteiger partial charge is 0.497 e. The van der Waals surface area contributed by atoms with Crippen LogP contribution in [0, 0.1) is 6.92 Å². The second-order valence-electron chi connectivity index (χ2n) is 5.92. The van der Waals surface area contributed by atoms with E-state index in [4.69, 9.17) is 9.84 Å². The number of methoxy groups -OCH3 is 1. The molecule has 2 rings (SSSR count). The van der Waals surface area contributed by atoms with Crippen LogP contribution in [-0.4, -0.2) is 46.6 Å². The van der Waals surface area contributed by atoms with E-state index in [1.165, 1.54) is 0 Å². The van der Waals surface area contributed by atoms with Gasteiger partial charge < -0.3 is 14.7 Å². The van der Waals surface area contributed by atoms with Crippen molar-refractivity contribution in [3.63, 3.8) is 0 Å². The SMILES string of the molecule is COc1ccc2cc(C(=O)N(CCC(=O)O)C(C)C)c(C)nc2c1. The average molecular weight is 330 g/mol. The zero-order chi connectivity index (χ0) is 17.9. The average Bonchev–Trinajstić information content (AvgIpc) is 2.52. The van der Waals surface area contributed by atoms with E-state index in [1.54, 1.807) is 25.0 Å². The van der Waals surface area contributed by atoms with E-state index in [1.807, 2.05) is 32.0 Å². The second kappa shape index (κ2) is 7.29. The molecule has 0 spiro atoms. The fourth-order valence-electron chi connectivity index (χ4n) is 2.55. The van der Waals surface area contributed by atoms with Crippen molar-refractivity contribution in [3.8, 4) is 5.75 Å². The Morgan fingerprint density at radius 3 is 2.58 bits per heavy atom. The number of aryl methyl sites for hydroxylation is 1. The van der Waals surface area contributed by atoms with Crippen molar-refractivity contribution in [1.29, 1.82) is 0 Å². The maximum absolute atomic E-state index is 12.9. The monoisotopic (exact) mass is 330 g/mol. The summed E-state index contributed by atoms with van der Waals surface area (Å²) in [6, 6.07) is 7.20. The van der Waals surface area contributed by atoms with Crippen LogP contribution >= 0.6 is 0 Å². The van der Waals surface area contributed by atoms with Crippen molar-refractivity contribution in [2.24, 2.45) is 0 Å². The molecule has 1 aromatic carbocycles. The van der Waals surface area contributed by atoms with Crippen LogP contribution in [0.2, 0.25) is 0 Å². The van der Waals surface area contributed by atoms with E-state index < -0.39 is 5.97 Å². The van der Waals surface area contributed by atoms with E-state index in [2.05, 4.69) is 4.98 Å². The lowest BCUT2D eigenvalue weighted by molar-refractivity contribution is -0.137. The van der Waals surface area contributed by atoms with E-state index in [0.717, 1.165) is 10.9 Å². The first kappa shape index (κ1) is 17.7. The Hall–Kier alpha value is -2.63. The number of fused-ring (bicyclic) bond motifs is 1. The molecule has 0 unspecified atom stereocenters. The highest BCUT2D eigenvalue weighted by Crippen LogP contribution is 2.23. The molecule has 1 heterocycles. The number of benzene rings is 1. The standard InChI is InChI=1S/C18H22N2O4/c1-11(2)20(8-7-17(21)22)18(23)15-9-13-5-6-14(24-4)10-16(13)19-12(15)3/h5-6,9-11H,7-8H2,1-4H3,(H,21,22). The summed E-state index contributed by atoms with van der Waals surface area (Å²) in [5, 5.41) is 9.72. The first-order chi connectivity index (χ1) is 11.3. The highest BCUT2D eigenvalue weighted by molar-refractivity contribution is 5.99. The fourth-order valence-corrected chi connectivity index (χ4v) is 2.55. The van der Waals surface area contributed by atoms with Gasteiger partial charge in [0.1, 0.15) is 5.75 Å². The van der Waals surface area contributed by atoms with Crippen molar-refractivity contribution < 1.29 is 19.4 Å². The van der Waals surface area contributed by atoms with Gasteiger partial charge in [0.25, 0.3) is 5.91 Å². The Morgan fingerprint density at radius 1 is 1.29 bits per heavy atom. The van der Waals surface area contributed by atoms with Crippen LogP contribution in [0.15, 0.2) is 24.3 Å². The van der Waals surface area contributed by atoms with Gasteiger partial charge in [-0.3, -0.25) is 14.6 Å². The number of aromatic nitrogens is 1. The molecular weight excluding hydrogens is 308 g/mol. The molecule has 0 fully saturated rings. The maximum Gasteiger partial charge on any atom is 0.305 e. The predicted octanol–water partition coefficient (Wildman–Crippen LogP) is 2.88. The molecule has 24 heavy (non-hydrogen) atoms. The lowest BCUT2D eigenvalue weighted by Gasteiger charge is -2.26. The van der Waals surface area contributed by atoms with Gasteiger partial charge in [-0.1, -0.05) is 0 Å². The van der Waals surface area contributed by atoms with Crippen molar-refractivity contribution >= 4 is 22.8 Å². The molecule has 1 N–H and O–H groups in total. The zero-order valence-electron chi connectivity index (χ0n) is 14.4. The summed E-state index contributed by atoms with van der Waals surface area (Å²) in [4.78, 5) is 29.7. The Balaban J connectivity index is 2.39. The lowest BCUT2D eigenvalue weighted by Crippen LogP contribution is -2.39. The van der Waals surface area contributed by atoms with Crippen LogP contribution in [-0.2, 0) is 4.79 Å². The summed E-state index contributed by atoms with van der Waals surface area (Å²) in [6.07, 6.45) is -0.0822. The lowest BCUT2D eigenvalue weighted by atomic mass is 10.1. The van der Waals surface area contributed by atoms with Crippen LogP contribution in [0.4, 0.5) is 0 Å². The van der Waals surface area contributed by atoms with Gasteiger partial charge in [0.05, 0.1) is 30.3 Å². The highest BCUT2D eigenvalue weighted by atomic mass is 16.5. The molecule has 0 saturated carbocycles. The molecule has 0 aliphatic heterocycles. The minimum atomic E-state index is -0.922. The van der Waals surface area contributed by atoms with Crippen molar-refractivity contribution in [1.82, 2.24) is 9.88 Å². The normalized spacial score (nSPS) is 10.9. The summed E-state index contributed by atoms with van der Waals surface area (Å²) in [5.74, 6) is -0.415. The van der Waals surface area contributed by atoms with Crippen LogP contribution in [0.5, 0.6) is 5.75 Å². The van der Waals surface area contributed by atoms with Crippen molar-refractivity contribution in [2.45, 2.75) is 33.2 Å². The summed E-state index contributed by atoms with van der Waals surface area (Å²) in [6.45, 7) is 5.69. The number of amides is 1. The summed E-state index contributed by atoms with van der Waals surface area (Å²) < 4.78 is 5.19. The molecule has 0 saturated heterocycles.